The second-order valence-corrected chi connectivity index (χ2v) is 4.84. The van der Waals surface area contributed by atoms with Gasteiger partial charge >= 0.3 is 0 Å². The Hall–Kier alpha value is -1.31. The van der Waals surface area contributed by atoms with Crippen LogP contribution in [0.15, 0.2) is 30.3 Å². The SMILES string of the molecule is CCC(C)(C)C(=O)N[C@H](C)c1ccccc1. The summed E-state index contributed by atoms with van der Waals surface area (Å²) < 4.78 is 0. The zero-order valence-corrected chi connectivity index (χ0v) is 10.6. The molecule has 0 saturated heterocycles. The minimum Gasteiger partial charge on any atom is -0.349 e. The van der Waals surface area contributed by atoms with E-state index in [1.165, 1.54) is 0 Å². The Morgan fingerprint density at radius 2 is 1.88 bits per heavy atom. The van der Waals surface area contributed by atoms with Gasteiger partial charge in [-0.25, -0.2) is 0 Å². The smallest absolute Gasteiger partial charge is 0.226 e. The van der Waals surface area contributed by atoms with Crippen LogP contribution < -0.4 is 5.32 Å². The molecule has 1 aromatic rings. The summed E-state index contributed by atoms with van der Waals surface area (Å²) in [4.78, 5) is 12.0. The van der Waals surface area contributed by atoms with Gasteiger partial charge in [0.05, 0.1) is 6.04 Å². The molecule has 1 rings (SSSR count). The zero-order chi connectivity index (χ0) is 12.2. The van der Waals surface area contributed by atoms with Crippen LogP contribution >= 0.6 is 0 Å². The normalized spacial score (nSPS) is 13.2. The molecule has 0 bridgehead atoms. The fraction of sp³-hybridized carbons (Fsp3) is 0.500. The number of carbonyl (C=O) groups is 1. The van der Waals surface area contributed by atoms with E-state index in [4.69, 9.17) is 0 Å². The molecule has 0 aliphatic carbocycles. The summed E-state index contributed by atoms with van der Waals surface area (Å²) in [5, 5.41) is 3.05. The summed E-state index contributed by atoms with van der Waals surface area (Å²) in [7, 11) is 0. The Balaban J connectivity index is 2.66. The molecule has 0 aromatic heterocycles. The van der Waals surface area contributed by atoms with Crippen molar-refractivity contribution in [2.45, 2.75) is 40.2 Å². The molecule has 0 spiro atoms. The molecule has 1 atom stereocenters. The van der Waals surface area contributed by atoms with Gasteiger partial charge in [-0.2, -0.15) is 0 Å². The minimum absolute atomic E-state index is 0.0690. The molecule has 0 aliphatic rings. The zero-order valence-electron chi connectivity index (χ0n) is 10.6. The standard InChI is InChI=1S/C14H21NO/c1-5-14(3,4)13(16)15-11(2)12-9-7-6-8-10-12/h6-11H,5H2,1-4H3,(H,15,16)/t11-/m1/s1. The van der Waals surface area contributed by atoms with E-state index in [0.29, 0.717) is 0 Å². The largest absolute Gasteiger partial charge is 0.349 e. The maximum atomic E-state index is 12.0. The second-order valence-electron chi connectivity index (χ2n) is 4.84. The third-order valence-corrected chi connectivity index (χ3v) is 3.15. The third kappa shape index (κ3) is 3.09. The van der Waals surface area contributed by atoms with Gasteiger partial charge in [0.25, 0.3) is 0 Å². The van der Waals surface area contributed by atoms with Crippen molar-refractivity contribution in [3.63, 3.8) is 0 Å². The molecule has 2 nitrogen and oxygen atoms in total. The summed E-state index contributed by atoms with van der Waals surface area (Å²) in [5.41, 5.74) is 0.853. The summed E-state index contributed by atoms with van der Waals surface area (Å²) in [6, 6.07) is 10.1. The fourth-order valence-corrected chi connectivity index (χ4v) is 1.38. The van der Waals surface area contributed by atoms with Crippen LogP contribution in [-0.2, 0) is 4.79 Å². The van der Waals surface area contributed by atoms with E-state index < -0.39 is 0 Å². The molecule has 0 radical (unpaired) electrons. The third-order valence-electron chi connectivity index (χ3n) is 3.15. The van der Waals surface area contributed by atoms with Crippen LogP contribution in [-0.4, -0.2) is 5.91 Å². The Kier molecular flexibility index (Phi) is 4.11. The van der Waals surface area contributed by atoms with Crippen LogP contribution in [0.3, 0.4) is 0 Å². The number of benzene rings is 1. The summed E-state index contributed by atoms with van der Waals surface area (Å²) >= 11 is 0. The van der Waals surface area contributed by atoms with Gasteiger partial charge in [0.15, 0.2) is 0 Å². The quantitative estimate of drug-likeness (QED) is 0.827. The Morgan fingerprint density at radius 1 is 1.31 bits per heavy atom. The van der Waals surface area contributed by atoms with E-state index in [1.54, 1.807) is 0 Å². The summed E-state index contributed by atoms with van der Waals surface area (Å²) in [6.07, 6.45) is 0.848. The van der Waals surface area contributed by atoms with Gasteiger partial charge in [0.2, 0.25) is 5.91 Å². The molecule has 0 heterocycles. The van der Waals surface area contributed by atoms with Crippen LogP contribution in [0.1, 0.15) is 45.7 Å². The maximum absolute atomic E-state index is 12.0. The number of hydrogen-bond donors (Lipinski definition) is 1. The van der Waals surface area contributed by atoms with Crippen molar-refractivity contribution in [1.82, 2.24) is 5.32 Å². The molecule has 1 N–H and O–H groups in total. The first-order chi connectivity index (χ1) is 7.47. The van der Waals surface area contributed by atoms with E-state index in [-0.39, 0.29) is 17.4 Å². The maximum Gasteiger partial charge on any atom is 0.226 e. The first kappa shape index (κ1) is 12.8. The highest BCUT2D eigenvalue weighted by Crippen LogP contribution is 2.21. The van der Waals surface area contributed by atoms with Crippen LogP contribution in [0.2, 0.25) is 0 Å². The number of carbonyl (C=O) groups excluding carboxylic acids is 1. The van der Waals surface area contributed by atoms with Gasteiger partial charge in [-0.3, -0.25) is 4.79 Å². The van der Waals surface area contributed by atoms with Crippen molar-refractivity contribution < 1.29 is 4.79 Å². The van der Waals surface area contributed by atoms with Crippen molar-refractivity contribution >= 4 is 5.91 Å². The molecular formula is C14H21NO. The fourth-order valence-electron chi connectivity index (χ4n) is 1.38. The highest BCUT2D eigenvalue weighted by atomic mass is 16.2. The molecule has 0 saturated carbocycles. The van der Waals surface area contributed by atoms with Gasteiger partial charge in [-0.1, -0.05) is 51.1 Å². The average Bonchev–Trinajstić information content (AvgIpc) is 2.30. The van der Waals surface area contributed by atoms with Crippen molar-refractivity contribution in [1.29, 1.82) is 0 Å². The number of rotatable bonds is 4. The monoisotopic (exact) mass is 219 g/mol. The lowest BCUT2D eigenvalue weighted by Crippen LogP contribution is -2.37. The van der Waals surface area contributed by atoms with Crippen molar-refractivity contribution in [3.8, 4) is 0 Å². The van der Waals surface area contributed by atoms with Gasteiger partial charge in [-0.15, -0.1) is 0 Å². The Bertz CT molecular complexity index is 343. The molecule has 0 aliphatic heterocycles. The van der Waals surface area contributed by atoms with Gasteiger partial charge in [0.1, 0.15) is 0 Å². The molecule has 1 aromatic carbocycles. The molecule has 88 valence electrons. The summed E-state index contributed by atoms with van der Waals surface area (Å²) in [5.74, 6) is 0.117. The van der Waals surface area contributed by atoms with Crippen LogP contribution in [0.25, 0.3) is 0 Å². The first-order valence-electron chi connectivity index (χ1n) is 5.83. The number of nitrogens with one attached hydrogen (secondary N) is 1. The van der Waals surface area contributed by atoms with Crippen LogP contribution in [0.4, 0.5) is 0 Å². The Labute approximate surface area is 98.1 Å². The van der Waals surface area contributed by atoms with E-state index >= 15 is 0 Å². The van der Waals surface area contributed by atoms with E-state index in [9.17, 15) is 4.79 Å². The highest BCUT2D eigenvalue weighted by molar-refractivity contribution is 5.82. The molecule has 0 fully saturated rings. The lowest BCUT2D eigenvalue weighted by atomic mass is 9.89. The predicted octanol–water partition coefficient (Wildman–Crippen LogP) is 3.30. The van der Waals surface area contributed by atoms with E-state index in [2.05, 4.69) is 5.32 Å². The average molecular weight is 219 g/mol. The first-order valence-corrected chi connectivity index (χ1v) is 5.83. The topological polar surface area (TPSA) is 29.1 Å². The molecule has 0 unspecified atom stereocenters. The lowest BCUT2D eigenvalue weighted by molar-refractivity contribution is -0.130. The molecular weight excluding hydrogens is 198 g/mol. The minimum atomic E-state index is -0.289. The van der Waals surface area contributed by atoms with E-state index in [0.717, 1.165) is 12.0 Å². The molecule has 1 amide bonds. The lowest BCUT2D eigenvalue weighted by Gasteiger charge is -2.24. The van der Waals surface area contributed by atoms with Gasteiger partial charge < -0.3 is 5.32 Å². The molecule has 2 heteroatoms. The van der Waals surface area contributed by atoms with Gasteiger partial charge in [-0.05, 0) is 18.9 Å². The van der Waals surface area contributed by atoms with Crippen LogP contribution in [0, 0.1) is 5.41 Å². The van der Waals surface area contributed by atoms with E-state index in [1.807, 2.05) is 58.0 Å². The number of hydrogen-bond acceptors (Lipinski definition) is 1. The Morgan fingerprint density at radius 3 is 2.38 bits per heavy atom. The summed E-state index contributed by atoms with van der Waals surface area (Å²) in [6.45, 7) is 7.99. The van der Waals surface area contributed by atoms with Crippen molar-refractivity contribution in [2.24, 2.45) is 5.41 Å². The molecule has 16 heavy (non-hydrogen) atoms. The number of amides is 1. The van der Waals surface area contributed by atoms with Crippen LogP contribution in [0.5, 0.6) is 0 Å². The second kappa shape index (κ2) is 5.15. The van der Waals surface area contributed by atoms with Gasteiger partial charge in [0, 0.05) is 5.41 Å². The highest BCUT2D eigenvalue weighted by Gasteiger charge is 2.26. The van der Waals surface area contributed by atoms with Crippen molar-refractivity contribution in [3.05, 3.63) is 35.9 Å². The predicted molar refractivity (Wildman–Crippen MR) is 67.1 cm³/mol. The van der Waals surface area contributed by atoms with Crippen molar-refractivity contribution in [2.75, 3.05) is 0 Å².